The SMILES string of the molecule is O.O=C(O)[C@@]1(CO)C[C@H]2CC[C@@H](C1)O2.[Li+].[OH-]. The zero-order chi connectivity index (χ0) is 9.47. The van der Waals surface area contributed by atoms with Gasteiger partial charge in [-0.05, 0) is 25.7 Å². The van der Waals surface area contributed by atoms with Gasteiger partial charge in [0.05, 0.1) is 24.2 Å². The predicted molar refractivity (Wildman–Crippen MR) is 49.8 cm³/mol. The van der Waals surface area contributed by atoms with Crippen molar-refractivity contribution in [1.82, 2.24) is 0 Å². The van der Waals surface area contributed by atoms with Crippen molar-refractivity contribution in [3.05, 3.63) is 0 Å². The number of carboxylic acids is 1. The minimum absolute atomic E-state index is 0. The molecule has 0 unspecified atom stereocenters. The van der Waals surface area contributed by atoms with Gasteiger partial charge in [-0.1, -0.05) is 0 Å². The molecule has 2 rings (SSSR count). The monoisotopic (exact) mass is 228 g/mol. The van der Waals surface area contributed by atoms with Crippen LogP contribution in [-0.2, 0) is 9.53 Å². The molecule has 16 heavy (non-hydrogen) atoms. The van der Waals surface area contributed by atoms with Crippen molar-refractivity contribution in [3.8, 4) is 0 Å². The molecule has 2 bridgehead atoms. The average Bonchev–Trinajstić information content (AvgIpc) is 2.45. The summed E-state index contributed by atoms with van der Waals surface area (Å²) in [5.41, 5.74) is -0.927. The van der Waals surface area contributed by atoms with Gasteiger partial charge in [0, 0.05) is 0 Å². The average molecular weight is 228 g/mol. The molecule has 2 heterocycles. The number of ether oxygens (including phenoxy) is 1. The fraction of sp³-hybridized carbons (Fsp3) is 0.889. The van der Waals surface area contributed by atoms with Crippen molar-refractivity contribution in [1.29, 1.82) is 0 Å². The zero-order valence-corrected chi connectivity index (χ0v) is 9.35. The van der Waals surface area contributed by atoms with Crippen LogP contribution < -0.4 is 18.9 Å². The molecule has 0 spiro atoms. The first-order valence-electron chi connectivity index (χ1n) is 4.66. The largest absolute Gasteiger partial charge is 1.00 e. The number of carbonyl (C=O) groups is 1. The molecule has 2 fully saturated rings. The van der Waals surface area contributed by atoms with Gasteiger partial charge in [-0.3, -0.25) is 4.79 Å². The maximum Gasteiger partial charge on any atom is 1.00 e. The van der Waals surface area contributed by atoms with Crippen molar-refractivity contribution in [3.63, 3.8) is 0 Å². The van der Waals surface area contributed by atoms with Gasteiger partial charge in [-0.25, -0.2) is 0 Å². The van der Waals surface area contributed by atoms with Crippen LogP contribution in [0.15, 0.2) is 0 Å². The third-order valence-electron chi connectivity index (χ3n) is 3.19. The first-order chi connectivity index (χ1) is 6.16. The number of aliphatic hydroxyl groups excluding tert-OH is 1. The molecule has 2 aliphatic heterocycles. The minimum atomic E-state index is -0.927. The molecule has 0 aromatic carbocycles. The number of aliphatic hydroxyl groups is 1. The smallest absolute Gasteiger partial charge is 0.870 e. The van der Waals surface area contributed by atoms with Crippen LogP contribution in [0.5, 0.6) is 0 Å². The molecular weight excluding hydrogens is 211 g/mol. The number of hydrogen-bond acceptors (Lipinski definition) is 4. The summed E-state index contributed by atoms with van der Waals surface area (Å²) in [6.07, 6.45) is 2.94. The fourth-order valence-electron chi connectivity index (χ4n) is 2.41. The normalized spacial score (nSPS) is 35.3. The summed E-state index contributed by atoms with van der Waals surface area (Å²) in [6.45, 7) is -0.265. The molecule has 7 heteroatoms. The molecule has 90 valence electrons. The van der Waals surface area contributed by atoms with Crippen molar-refractivity contribution in [2.75, 3.05) is 6.61 Å². The van der Waals surface area contributed by atoms with Crippen LogP contribution in [0.3, 0.4) is 0 Å². The van der Waals surface area contributed by atoms with Crippen LogP contribution >= 0.6 is 0 Å². The Bertz CT molecular complexity index is 222. The quantitative estimate of drug-likeness (QED) is 0.472. The number of aliphatic carboxylic acids is 1. The summed E-state index contributed by atoms with van der Waals surface area (Å²) < 4.78 is 5.53. The van der Waals surface area contributed by atoms with E-state index in [0.717, 1.165) is 12.8 Å². The van der Waals surface area contributed by atoms with Gasteiger partial charge in [0.25, 0.3) is 0 Å². The predicted octanol–water partition coefficient (Wildman–Crippen LogP) is -3.61. The Morgan fingerprint density at radius 1 is 1.31 bits per heavy atom. The standard InChI is InChI=1S/C9H14O4.Li.2H2O/c10-5-9(8(11)12)3-6-1-2-7(4-9)13-6;;;/h6-7,10H,1-5H2,(H,11,12);;2*1H2/q;+1;;/p-1/t6-,7+,9+;;;. The Morgan fingerprint density at radius 3 is 2.06 bits per heavy atom. The maximum absolute atomic E-state index is 11.0. The van der Waals surface area contributed by atoms with Crippen molar-refractivity contribution < 1.29 is 49.6 Å². The maximum atomic E-state index is 11.0. The molecule has 2 saturated heterocycles. The van der Waals surface area contributed by atoms with E-state index in [1.54, 1.807) is 0 Å². The minimum Gasteiger partial charge on any atom is -0.870 e. The van der Waals surface area contributed by atoms with E-state index in [1.807, 2.05) is 0 Å². The number of carboxylic acid groups (broad SMARTS) is 1. The summed E-state index contributed by atoms with van der Waals surface area (Å²) >= 11 is 0. The van der Waals surface area contributed by atoms with E-state index in [1.165, 1.54) is 0 Å². The van der Waals surface area contributed by atoms with Gasteiger partial charge in [0.2, 0.25) is 0 Å². The summed E-state index contributed by atoms with van der Waals surface area (Å²) in [4.78, 5) is 11.0. The van der Waals surface area contributed by atoms with Gasteiger partial charge in [-0.15, -0.1) is 0 Å². The molecule has 0 aromatic heterocycles. The van der Waals surface area contributed by atoms with E-state index in [2.05, 4.69) is 0 Å². The molecule has 3 atom stereocenters. The van der Waals surface area contributed by atoms with Gasteiger partial charge in [0.15, 0.2) is 0 Å². The molecule has 0 radical (unpaired) electrons. The van der Waals surface area contributed by atoms with Crippen LogP contribution in [0.2, 0.25) is 0 Å². The number of fused-ring (bicyclic) bond motifs is 2. The van der Waals surface area contributed by atoms with Gasteiger partial charge >= 0.3 is 24.8 Å². The summed E-state index contributed by atoms with van der Waals surface area (Å²) in [7, 11) is 0. The summed E-state index contributed by atoms with van der Waals surface area (Å²) in [5.74, 6) is -0.879. The fourth-order valence-corrected chi connectivity index (χ4v) is 2.41. The van der Waals surface area contributed by atoms with E-state index in [9.17, 15) is 4.79 Å². The number of rotatable bonds is 2. The first-order valence-corrected chi connectivity index (χ1v) is 4.66. The summed E-state index contributed by atoms with van der Waals surface area (Å²) in [5, 5.41) is 18.2. The van der Waals surface area contributed by atoms with Crippen molar-refractivity contribution in [2.45, 2.75) is 37.9 Å². The van der Waals surface area contributed by atoms with E-state index >= 15 is 0 Å². The number of hydrogen-bond donors (Lipinski definition) is 2. The zero-order valence-electron chi connectivity index (χ0n) is 9.35. The molecule has 2 aliphatic rings. The molecule has 6 nitrogen and oxygen atoms in total. The van der Waals surface area contributed by atoms with Crippen LogP contribution in [0.25, 0.3) is 0 Å². The molecular formula is C9H17LiO6. The Balaban J connectivity index is 0. The molecule has 0 aliphatic carbocycles. The van der Waals surface area contributed by atoms with Crippen molar-refractivity contribution >= 4 is 5.97 Å². The van der Waals surface area contributed by atoms with Crippen LogP contribution in [0.1, 0.15) is 25.7 Å². The van der Waals surface area contributed by atoms with Crippen LogP contribution in [0, 0.1) is 5.41 Å². The van der Waals surface area contributed by atoms with E-state index in [4.69, 9.17) is 14.9 Å². The second kappa shape index (κ2) is 6.60. The van der Waals surface area contributed by atoms with Crippen LogP contribution in [0.4, 0.5) is 0 Å². The topological polar surface area (TPSA) is 128 Å². The third kappa shape index (κ3) is 2.97. The van der Waals surface area contributed by atoms with Gasteiger partial charge < -0.3 is 25.9 Å². The molecule has 5 N–H and O–H groups in total. The van der Waals surface area contributed by atoms with E-state index < -0.39 is 11.4 Å². The third-order valence-corrected chi connectivity index (χ3v) is 3.19. The van der Waals surface area contributed by atoms with Gasteiger partial charge in [-0.2, -0.15) is 0 Å². The van der Waals surface area contributed by atoms with Crippen molar-refractivity contribution in [2.24, 2.45) is 5.41 Å². The Hall–Kier alpha value is -0.0926. The second-order valence-electron chi connectivity index (χ2n) is 4.11. The molecule has 0 amide bonds. The van der Waals surface area contributed by atoms with Crippen LogP contribution in [-0.4, -0.2) is 45.9 Å². The molecule has 0 aromatic rings. The Labute approximate surface area is 106 Å². The summed E-state index contributed by atoms with van der Waals surface area (Å²) in [6, 6.07) is 0. The van der Waals surface area contributed by atoms with Gasteiger partial charge in [0.1, 0.15) is 0 Å². The Kier molecular flexibility index (Phi) is 7.54. The Morgan fingerprint density at radius 2 is 1.75 bits per heavy atom. The second-order valence-corrected chi connectivity index (χ2v) is 4.11. The van der Waals surface area contributed by atoms with E-state index in [0.29, 0.717) is 12.8 Å². The van der Waals surface area contributed by atoms with E-state index in [-0.39, 0.29) is 48.6 Å². The molecule has 0 saturated carbocycles. The first kappa shape index (κ1) is 18.3.